The summed E-state index contributed by atoms with van der Waals surface area (Å²) in [4.78, 5) is 27.7. The molecule has 0 radical (unpaired) electrons. The van der Waals surface area contributed by atoms with Gasteiger partial charge in [0.25, 0.3) is 5.56 Å². The third-order valence-electron chi connectivity index (χ3n) is 3.68. The molecule has 0 atom stereocenters. The van der Waals surface area contributed by atoms with Gasteiger partial charge < -0.3 is 20.1 Å². The summed E-state index contributed by atoms with van der Waals surface area (Å²) in [6, 6.07) is 7.45. The quantitative estimate of drug-likeness (QED) is 0.788. The van der Waals surface area contributed by atoms with E-state index in [4.69, 9.17) is 5.11 Å². The highest BCUT2D eigenvalue weighted by atomic mass is 16.4. The number of anilines is 1. The van der Waals surface area contributed by atoms with Crippen LogP contribution in [0.15, 0.2) is 29.1 Å². The Morgan fingerprint density at radius 1 is 1.22 bits per heavy atom. The number of nitrogens with zero attached hydrogens (tertiary/aromatic N) is 1. The lowest BCUT2D eigenvalue weighted by Gasteiger charge is -2.15. The van der Waals surface area contributed by atoms with Crippen LogP contribution in [-0.4, -0.2) is 35.3 Å². The number of H-pyrrole nitrogens is 1. The molecule has 1 aromatic carbocycles. The summed E-state index contributed by atoms with van der Waals surface area (Å²) >= 11 is 0. The summed E-state index contributed by atoms with van der Waals surface area (Å²) in [5.41, 5.74) is 1.22. The van der Waals surface area contributed by atoms with Crippen LogP contribution in [0, 0.1) is 0 Å². The number of nitrogens with one attached hydrogen (secondary N) is 1. The van der Waals surface area contributed by atoms with Gasteiger partial charge in [0.2, 0.25) is 0 Å². The van der Waals surface area contributed by atoms with Crippen molar-refractivity contribution in [1.82, 2.24) is 4.98 Å². The van der Waals surface area contributed by atoms with Crippen LogP contribution in [0.1, 0.15) is 29.3 Å². The standard InChI is InChI=1S/C17H20N2O4/c1-4-5-12-14(10-6-8-11(9-7-10)19(2)3)18-16(21)13(15(12)20)17(22)23/h6-9H,4-5H2,1-3H3,(H,22,23)(H2,18,20,21). The van der Waals surface area contributed by atoms with Crippen molar-refractivity contribution in [2.75, 3.05) is 19.0 Å². The van der Waals surface area contributed by atoms with E-state index >= 15 is 0 Å². The maximum Gasteiger partial charge on any atom is 0.345 e. The SMILES string of the molecule is CCCc1c(-c2ccc(N(C)C)cc2)[nH]c(=O)c(C(=O)O)c1O. The van der Waals surface area contributed by atoms with Gasteiger partial charge in [0, 0.05) is 25.3 Å². The highest BCUT2D eigenvalue weighted by Crippen LogP contribution is 2.31. The maximum atomic E-state index is 12.0. The van der Waals surface area contributed by atoms with Crippen molar-refractivity contribution in [3.8, 4) is 17.0 Å². The highest BCUT2D eigenvalue weighted by molar-refractivity contribution is 5.92. The molecule has 6 heteroatoms. The zero-order valence-electron chi connectivity index (χ0n) is 13.4. The molecule has 0 aliphatic carbocycles. The molecule has 0 saturated heterocycles. The van der Waals surface area contributed by atoms with Gasteiger partial charge in [-0.3, -0.25) is 4.79 Å². The van der Waals surface area contributed by atoms with Crippen molar-refractivity contribution in [2.45, 2.75) is 19.8 Å². The van der Waals surface area contributed by atoms with Gasteiger partial charge in [-0.2, -0.15) is 0 Å². The number of aromatic carboxylic acids is 1. The zero-order chi connectivity index (χ0) is 17.1. The molecule has 0 aliphatic heterocycles. The molecule has 0 amide bonds. The fourth-order valence-corrected chi connectivity index (χ4v) is 2.49. The maximum absolute atomic E-state index is 12.0. The van der Waals surface area contributed by atoms with Crippen LogP contribution in [0.2, 0.25) is 0 Å². The lowest BCUT2D eigenvalue weighted by Crippen LogP contribution is -2.20. The molecule has 2 rings (SSSR count). The second kappa shape index (κ2) is 6.56. The minimum atomic E-state index is -1.43. The number of carboxylic acid groups (broad SMARTS) is 1. The molecule has 6 nitrogen and oxygen atoms in total. The number of rotatable bonds is 5. The van der Waals surface area contributed by atoms with E-state index in [1.165, 1.54) is 0 Å². The van der Waals surface area contributed by atoms with Crippen LogP contribution in [0.4, 0.5) is 5.69 Å². The monoisotopic (exact) mass is 316 g/mol. The first-order valence-electron chi connectivity index (χ1n) is 7.36. The predicted octanol–water partition coefficient (Wildman–Crippen LogP) is 2.46. The van der Waals surface area contributed by atoms with Crippen molar-refractivity contribution in [3.63, 3.8) is 0 Å². The van der Waals surface area contributed by atoms with Crippen molar-refractivity contribution in [3.05, 3.63) is 45.7 Å². The molecule has 1 aromatic heterocycles. The molecule has 0 fully saturated rings. The first kappa shape index (κ1) is 16.6. The van der Waals surface area contributed by atoms with Crippen molar-refractivity contribution in [2.24, 2.45) is 0 Å². The Labute approximate surface area is 134 Å². The number of aromatic amines is 1. The van der Waals surface area contributed by atoms with Gasteiger partial charge in [-0.05, 0) is 24.1 Å². The first-order valence-corrected chi connectivity index (χ1v) is 7.36. The van der Waals surface area contributed by atoms with Crippen LogP contribution in [0.3, 0.4) is 0 Å². The minimum absolute atomic E-state index is 0.446. The van der Waals surface area contributed by atoms with Crippen LogP contribution in [0.5, 0.6) is 5.75 Å². The van der Waals surface area contributed by atoms with E-state index in [0.717, 1.165) is 11.3 Å². The van der Waals surface area contributed by atoms with E-state index in [1.54, 1.807) is 0 Å². The van der Waals surface area contributed by atoms with Gasteiger partial charge >= 0.3 is 5.97 Å². The average molecular weight is 316 g/mol. The number of carboxylic acids is 1. The van der Waals surface area contributed by atoms with Gasteiger partial charge in [-0.25, -0.2) is 4.79 Å². The molecule has 0 bridgehead atoms. The fraction of sp³-hybridized carbons (Fsp3) is 0.294. The van der Waals surface area contributed by atoms with Gasteiger partial charge in [0.15, 0.2) is 5.56 Å². The molecule has 122 valence electrons. The summed E-state index contributed by atoms with van der Waals surface area (Å²) in [6.45, 7) is 1.92. The van der Waals surface area contributed by atoms with Gasteiger partial charge in [-0.1, -0.05) is 25.5 Å². The van der Waals surface area contributed by atoms with E-state index in [2.05, 4.69) is 4.98 Å². The predicted molar refractivity (Wildman–Crippen MR) is 89.4 cm³/mol. The van der Waals surface area contributed by atoms with Crippen molar-refractivity contribution in [1.29, 1.82) is 0 Å². The lowest BCUT2D eigenvalue weighted by molar-refractivity contribution is 0.0691. The molecule has 23 heavy (non-hydrogen) atoms. The largest absolute Gasteiger partial charge is 0.506 e. The Balaban J connectivity index is 2.66. The molecule has 0 saturated carbocycles. The molecule has 2 aromatic rings. The number of hydrogen-bond acceptors (Lipinski definition) is 4. The minimum Gasteiger partial charge on any atom is -0.506 e. The summed E-state index contributed by atoms with van der Waals surface area (Å²) in [5.74, 6) is -1.88. The van der Waals surface area contributed by atoms with E-state index in [-0.39, 0.29) is 0 Å². The van der Waals surface area contributed by atoms with Crippen molar-refractivity contribution >= 4 is 11.7 Å². The Hall–Kier alpha value is -2.76. The number of benzene rings is 1. The van der Waals surface area contributed by atoms with E-state index in [9.17, 15) is 14.7 Å². The number of aromatic hydroxyl groups is 1. The molecule has 0 spiro atoms. The smallest absolute Gasteiger partial charge is 0.345 e. The summed E-state index contributed by atoms with van der Waals surface area (Å²) < 4.78 is 0. The Kier molecular flexibility index (Phi) is 4.74. The Bertz CT molecular complexity index is 776. The topological polar surface area (TPSA) is 93.6 Å². The first-order chi connectivity index (χ1) is 10.9. The Morgan fingerprint density at radius 2 is 1.83 bits per heavy atom. The summed E-state index contributed by atoms with van der Waals surface area (Å²) in [5, 5.41) is 19.4. The van der Waals surface area contributed by atoms with Crippen molar-refractivity contribution < 1.29 is 15.0 Å². The van der Waals surface area contributed by atoms with E-state index in [1.807, 2.05) is 50.2 Å². The number of hydrogen-bond donors (Lipinski definition) is 3. The number of aromatic nitrogens is 1. The zero-order valence-corrected chi connectivity index (χ0v) is 13.4. The molecule has 3 N–H and O–H groups in total. The average Bonchev–Trinajstić information content (AvgIpc) is 2.49. The van der Waals surface area contributed by atoms with Crippen LogP contribution < -0.4 is 10.5 Å². The third-order valence-corrected chi connectivity index (χ3v) is 3.68. The lowest BCUT2D eigenvalue weighted by atomic mass is 9.99. The van der Waals surface area contributed by atoms with Gasteiger partial charge in [0.05, 0.1) is 5.69 Å². The van der Waals surface area contributed by atoms with Gasteiger partial charge in [0.1, 0.15) is 5.75 Å². The molecule has 0 aliphatic rings. The molecular weight excluding hydrogens is 296 g/mol. The highest BCUT2D eigenvalue weighted by Gasteiger charge is 2.22. The second-order valence-corrected chi connectivity index (χ2v) is 5.53. The summed E-state index contributed by atoms with van der Waals surface area (Å²) in [7, 11) is 3.85. The summed E-state index contributed by atoms with van der Waals surface area (Å²) in [6.07, 6.45) is 1.18. The second-order valence-electron chi connectivity index (χ2n) is 5.53. The van der Waals surface area contributed by atoms with Crippen LogP contribution >= 0.6 is 0 Å². The van der Waals surface area contributed by atoms with E-state index < -0.39 is 22.8 Å². The molecule has 0 unspecified atom stereocenters. The third kappa shape index (κ3) is 3.21. The Morgan fingerprint density at radius 3 is 2.30 bits per heavy atom. The normalized spacial score (nSPS) is 10.6. The number of pyridine rings is 1. The molecule has 1 heterocycles. The number of carbonyl (C=O) groups is 1. The van der Waals surface area contributed by atoms with Crippen LogP contribution in [-0.2, 0) is 6.42 Å². The van der Waals surface area contributed by atoms with Crippen LogP contribution in [0.25, 0.3) is 11.3 Å². The molecular formula is C17H20N2O4. The van der Waals surface area contributed by atoms with E-state index in [0.29, 0.717) is 24.1 Å². The van der Waals surface area contributed by atoms with Gasteiger partial charge in [-0.15, -0.1) is 0 Å². The fourth-order valence-electron chi connectivity index (χ4n) is 2.49.